The number of amides is 1. The van der Waals surface area contributed by atoms with Gasteiger partial charge in [-0.1, -0.05) is 13.0 Å². The van der Waals surface area contributed by atoms with E-state index in [-0.39, 0.29) is 18.4 Å². The van der Waals surface area contributed by atoms with Gasteiger partial charge in [-0.25, -0.2) is 0 Å². The molecule has 1 aromatic rings. The number of aryl methyl sites for hydroxylation is 1. The first-order chi connectivity index (χ1) is 7.54. The van der Waals surface area contributed by atoms with Crippen LogP contribution >= 0.6 is 0 Å². The Morgan fingerprint density at radius 2 is 2.25 bits per heavy atom. The lowest BCUT2D eigenvalue weighted by Gasteiger charge is -2.19. The van der Waals surface area contributed by atoms with Crippen LogP contribution in [-0.4, -0.2) is 41.1 Å². The van der Waals surface area contributed by atoms with Gasteiger partial charge in [0.25, 0.3) is 5.91 Å². The summed E-state index contributed by atoms with van der Waals surface area (Å²) < 4.78 is 0. The van der Waals surface area contributed by atoms with E-state index in [4.69, 9.17) is 5.11 Å². The van der Waals surface area contributed by atoms with Crippen LogP contribution in [0.5, 0.6) is 0 Å². The molecule has 0 fully saturated rings. The van der Waals surface area contributed by atoms with Crippen LogP contribution in [-0.2, 0) is 0 Å². The van der Waals surface area contributed by atoms with Gasteiger partial charge in [0.2, 0.25) is 0 Å². The molecule has 1 amide bonds. The molecule has 16 heavy (non-hydrogen) atoms. The summed E-state index contributed by atoms with van der Waals surface area (Å²) >= 11 is 0. The van der Waals surface area contributed by atoms with Crippen molar-refractivity contribution in [3.05, 3.63) is 29.6 Å². The topological polar surface area (TPSA) is 53.4 Å². The number of pyridine rings is 1. The highest BCUT2D eigenvalue weighted by Gasteiger charge is 2.14. The van der Waals surface area contributed by atoms with Crippen LogP contribution in [0.25, 0.3) is 0 Å². The molecule has 0 bridgehead atoms. The summed E-state index contributed by atoms with van der Waals surface area (Å²) in [5, 5.41) is 8.92. The van der Waals surface area contributed by atoms with Crippen molar-refractivity contribution in [1.29, 1.82) is 0 Å². The lowest BCUT2D eigenvalue weighted by atomic mass is 10.2. The Kier molecular flexibility index (Phi) is 4.43. The summed E-state index contributed by atoms with van der Waals surface area (Å²) in [6.07, 6.45) is 1.68. The molecule has 1 unspecified atom stereocenters. The molecule has 0 aliphatic carbocycles. The molecule has 4 nitrogen and oxygen atoms in total. The third-order valence-corrected chi connectivity index (χ3v) is 2.37. The van der Waals surface area contributed by atoms with E-state index in [1.54, 1.807) is 24.2 Å². The quantitative estimate of drug-likeness (QED) is 0.829. The van der Waals surface area contributed by atoms with Crippen molar-refractivity contribution in [1.82, 2.24) is 9.88 Å². The van der Waals surface area contributed by atoms with Crippen LogP contribution < -0.4 is 0 Å². The molecule has 0 saturated carbocycles. The number of rotatable bonds is 4. The highest BCUT2D eigenvalue weighted by atomic mass is 16.3. The average molecular weight is 222 g/mol. The minimum absolute atomic E-state index is 0.0823. The SMILES string of the molecule is Cc1ccc(C(=O)N(C)CC(C)CO)nc1. The van der Waals surface area contributed by atoms with Crippen LogP contribution in [0, 0.1) is 12.8 Å². The van der Waals surface area contributed by atoms with Gasteiger partial charge in [-0.2, -0.15) is 0 Å². The monoisotopic (exact) mass is 222 g/mol. The zero-order chi connectivity index (χ0) is 12.1. The van der Waals surface area contributed by atoms with Crippen LogP contribution in [0.1, 0.15) is 23.0 Å². The molecule has 1 atom stereocenters. The van der Waals surface area contributed by atoms with Crippen molar-refractivity contribution < 1.29 is 9.90 Å². The Labute approximate surface area is 95.9 Å². The first-order valence-corrected chi connectivity index (χ1v) is 5.33. The fraction of sp³-hybridized carbons (Fsp3) is 0.500. The van der Waals surface area contributed by atoms with Crippen molar-refractivity contribution >= 4 is 5.91 Å². The molecule has 4 heteroatoms. The fourth-order valence-corrected chi connectivity index (χ4v) is 1.40. The highest BCUT2D eigenvalue weighted by Crippen LogP contribution is 2.04. The van der Waals surface area contributed by atoms with E-state index in [0.29, 0.717) is 12.2 Å². The summed E-state index contributed by atoms with van der Waals surface area (Å²) in [5.41, 5.74) is 1.47. The van der Waals surface area contributed by atoms with E-state index in [9.17, 15) is 4.79 Å². The molecule has 0 spiro atoms. The Balaban J connectivity index is 2.67. The minimum atomic E-state index is -0.111. The molecule has 0 aromatic carbocycles. The van der Waals surface area contributed by atoms with E-state index < -0.39 is 0 Å². The number of hydrogen-bond acceptors (Lipinski definition) is 3. The van der Waals surface area contributed by atoms with Crippen LogP contribution in [0.3, 0.4) is 0 Å². The maximum absolute atomic E-state index is 11.9. The largest absolute Gasteiger partial charge is 0.396 e. The van der Waals surface area contributed by atoms with Gasteiger partial charge >= 0.3 is 0 Å². The molecule has 88 valence electrons. The highest BCUT2D eigenvalue weighted by molar-refractivity contribution is 5.92. The summed E-state index contributed by atoms with van der Waals surface area (Å²) in [4.78, 5) is 17.5. The van der Waals surface area contributed by atoms with Gasteiger partial charge < -0.3 is 10.0 Å². The maximum Gasteiger partial charge on any atom is 0.272 e. The van der Waals surface area contributed by atoms with Gasteiger partial charge in [-0.15, -0.1) is 0 Å². The Morgan fingerprint density at radius 1 is 1.56 bits per heavy atom. The first kappa shape index (κ1) is 12.6. The number of nitrogens with zero attached hydrogens (tertiary/aromatic N) is 2. The average Bonchev–Trinajstić information content (AvgIpc) is 2.28. The Morgan fingerprint density at radius 3 is 2.75 bits per heavy atom. The molecule has 0 aliphatic heterocycles. The van der Waals surface area contributed by atoms with Gasteiger partial charge in [0.05, 0.1) is 0 Å². The number of aliphatic hydroxyl groups excluding tert-OH is 1. The molecule has 1 rings (SSSR count). The van der Waals surface area contributed by atoms with Crippen molar-refractivity contribution in [2.24, 2.45) is 5.92 Å². The second kappa shape index (κ2) is 5.61. The molecule has 1 N–H and O–H groups in total. The van der Waals surface area contributed by atoms with Crippen molar-refractivity contribution in [2.45, 2.75) is 13.8 Å². The molecular weight excluding hydrogens is 204 g/mol. The van der Waals surface area contributed by atoms with E-state index in [0.717, 1.165) is 5.56 Å². The molecule has 1 aromatic heterocycles. The van der Waals surface area contributed by atoms with E-state index in [1.807, 2.05) is 19.9 Å². The number of aromatic nitrogens is 1. The number of carbonyl (C=O) groups excluding carboxylic acids is 1. The molecule has 1 heterocycles. The smallest absolute Gasteiger partial charge is 0.272 e. The predicted molar refractivity (Wildman–Crippen MR) is 62.2 cm³/mol. The summed E-state index contributed by atoms with van der Waals surface area (Å²) in [7, 11) is 1.72. The van der Waals surface area contributed by atoms with Gasteiger partial charge in [0.1, 0.15) is 5.69 Å². The van der Waals surface area contributed by atoms with E-state index in [2.05, 4.69) is 4.98 Å². The normalized spacial score (nSPS) is 12.2. The van der Waals surface area contributed by atoms with Gasteiger partial charge in [-0.3, -0.25) is 9.78 Å². The second-order valence-electron chi connectivity index (χ2n) is 4.19. The third-order valence-electron chi connectivity index (χ3n) is 2.37. The van der Waals surface area contributed by atoms with Crippen molar-refractivity contribution in [3.63, 3.8) is 0 Å². The van der Waals surface area contributed by atoms with Gasteiger partial charge in [0, 0.05) is 26.4 Å². The zero-order valence-corrected chi connectivity index (χ0v) is 9.97. The first-order valence-electron chi connectivity index (χ1n) is 5.33. The minimum Gasteiger partial charge on any atom is -0.396 e. The lowest BCUT2D eigenvalue weighted by Crippen LogP contribution is -2.32. The van der Waals surface area contributed by atoms with Crippen LogP contribution in [0.15, 0.2) is 18.3 Å². The van der Waals surface area contributed by atoms with E-state index in [1.165, 1.54) is 0 Å². The van der Waals surface area contributed by atoms with Gasteiger partial charge in [0.15, 0.2) is 0 Å². The Bertz CT molecular complexity index is 349. The third kappa shape index (κ3) is 3.31. The number of hydrogen-bond donors (Lipinski definition) is 1. The van der Waals surface area contributed by atoms with Gasteiger partial charge in [-0.05, 0) is 24.5 Å². The molecule has 0 saturated heterocycles. The summed E-state index contributed by atoms with van der Waals surface area (Å²) in [6.45, 7) is 4.44. The lowest BCUT2D eigenvalue weighted by molar-refractivity contribution is 0.0751. The van der Waals surface area contributed by atoms with E-state index >= 15 is 0 Å². The maximum atomic E-state index is 11.9. The van der Waals surface area contributed by atoms with Crippen LogP contribution in [0.2, 0.25) is 0 Å². The number of carbonyl (C=O) groups is 1. The molecular formula is C12H18N2O2. The van der Waals surface area contributed by atoms with Crippen molar-refractivity contribution in [3.8, 4) is 0 Å². The second-order valence-corrected chi connectivity index (χ2v) is 4.19. The fourth-order valence-electron chi connectivity index (χ4n) is 1.40. The Hall–Kier alpha value is -1.42. The summed E-state index contributed by atoms with van der Waals surface area (Å²) in [5.74, 6) is -0.0281. The predicted octanol–water partition coefficient (Wildman–Crippen LogP) is 1.09. The van der Waals surface area contributed by atoms with Crippen molar-refractivity contribution in [2.75, 3.05) is 20.2 Å². The standard InChI is InChI=1S/C12H18N2O2/c1-9-4-5-11(13-6-9)12(16)14(3)7-10(2)8-15/h4-6,10,15H,7-8H2,1-3H3. The number of aliphatic hydroxyl groups is 1. The summed E-state index contributed by atoms with van der Waals surface area (Å²) in [6, 6.07) is 3.58. The molecule has 0 aliphatic rings. The van der Waals surface area contributed by atoms with Crippen LogP contribution in [0.4, 0.5) is 0 Å². The zero-order valence-electron chi connectivity index (χ0n) is 9.97. The molecule has 0 radical (unpaired) electrons.